The van der Waals surface area contributed by atoms with Crippen LogP contribution in [0.2, 0.25) is 0 Å². The number of halogens is 2. The number of hydrogen-bond donors (Lipinski definition) is 3. The first-order chi connectivity index (χ1) is 13.6. The fraction of sp³-hybridized carbons (Fsp3) is 0.500. The Morgan fingerprint density at radius 2 is 1.83 bits per heavy atom. The van der Waals surface area contributed by atoms with E-state index in [4.69, 9.17) is 5.73 Å². The zero-order valence-electron chi connectivity index (χ0n) is 17.5. The van der Waals surface area contributed by atoms with Crippen LogP contribution in [-0.2, 0) is 12.8 Å². The summed E-state index contributed by atoms with van der Waals surface area (Å²) in [5.74, 6) is -1.38. The zero-order chi connectivity index (χ0) is 21.2. The first kappa shape index (κ1) is 21.9. The van der Waals surface area contributed by atoms with Gasteiger partial charge in [0.25, 0.3) is 0 Å². The van der Waals surface area contributed by atoms with Gasteiger partial charge in [-0.3, -0.25) is 0 Å². The van der Waals surface area contributed by atoms with Crippen LogP contribution < -0.4 is 11.1 Å². The van der Waals surface area contributed by atoms with Crippen LogP contribution in [0.25, 0.3) is 0 Å². The van der Waals surface area contributed by atoms with Gasteiger partial charge in [-0.1, -0.05) is 39.0 Å². The molecule has 0 saturated heterocycles. The molecule has 158 valence electrons. The first-order valence-electron chi connectivity index (χ1n) is 10.4. The summed E-state index contributed by atoms with van der Waals surface area (Å²) in [5.41, 5.74) is 10.5. The molecule has 4 N–H and O–H groups in total. The van der Waals surface area contributed by atoms with Crippen molar-refractivity contribution in [3.8, 4) is 0 Å². The maximum atomic E-state index is 13.5. The van der Waals surface area contributed by atoms with Crippen molar-refractivity contribution in [2.24, 2.45) is 11.1 Å². The van der Waals surface area contributed by atoms with Crippen molar-refractivity contribution in [3.63, 3.8) is 0 Å². The van der Waals surface area contributed by atoms with Crippen molar-refractivity contribution >= 4 is 0 Å². The minimum Gasteiger partial charge on any atom is -0.390 e. The van der Waals surface area contributed by atoms with Crippen LogP contribution in [0.15, 0.2) is 36.4 Å². The molecule has 5 heteroatoms. The van der Waals surface area contributed by atoms with E-state index in [9.17, 15) is 13.9 Å². The van der Waals surface area contributed by atoms with Crippen molar-refractivity contribution in [3.05, 3.63) is 70.3 Å². The molecule has 0 saturated carbocycles. The minimum absolute atomic E-state index is 0.143. The molecule has 0 unspecified atom stereocenters. The van der Waals surface area contributed by atoms with E-state index < -0.39 is 23.8 Å². The molecule has 0 radical (unpaired) electrons. The molecule has 0 aromatic heterocycles. The van der Waals surface area contributed by atoms with Crippen LogP contribution in [0.3, 0.4) is 0 Å². The second-order valence-electron chi connectivity index (χ2n) is 9.42. The second kappa shape index (κ2) is 8.90. The van der Waals surface area contributed by atoms with Crippen molar-refractivity contribution in [2.75, 3.05) is 6.54 Å². The molecule has 3 nitrogen and oxygen atoms in total. The highest BCUT2D eigenvalue weighted by Gasteiger charge is 2.24. The Balaban J connectivity index is 1.69. The van der Waals surface area contributed by atoms with E-state index in [0.717, 1.165) is 31.7 Å². The van der Waals surface area contributed by atoms with Gasteiger partial charge in [0.05, 0.1) is 12.1 Å². The van der Waals surface area contributed by atoms with Gasteiger partial charge in [0.15, 0.2) is 0 Å². The van der Waals surface area contributed by atoms with Gasteiger partial charge in [-0.15, -0.1) is 0 Å². The number of aryl methyl sites for hydroxylation is 1. The molecule has 0 fully saturated rings. The number of aliphatic hydroxyl groups excluding tert-OH is 1. The Hall–Kier alpha value is -1.82. The van der Waals surface area contributed by atoms with Crippen LogP contribution in [0.1, 0.15) is 68.0 Å². The SMILES string of the molecule is CC(C)(C)Cc1ccc2c(c1)[C@@H](NC[C@@H](O)[C@@H](N)c1cc(F)cc(F)c1)CCC2. The van der Waals surface area contributed by atoms with E-state index in [1.54, 1.807) is 0 Å². The number of fused-ring (bicyclic) bond motifs is 1. The molecule has 0 spiro atoms. The van der Waals surface area contributed by atoms with Gasteiger partial charge in [0.2, 0.25) is 0 Å². The zero-order valence-corrected chi connectivity index (χ0v) is 17.5. The van der Waals surface area contributed by atoms with Gasteiger partial charge < -0.3 is 16.2 Å². The van der Waals surface area contributed by atoms with E-state index in [0.29, 0.717) is 0 Å². The lowest BCUT2D eigenvalue weighted by Crippen LogP contribution is -2.38. The lowest BCUT2D eigenvalue weighted by molar-refractivity contribution is 0.137. The molecular formula is C24H32F2N2O. The molecule has 0 amide bonds. The summed E-state index contributed by atoms with van der Waals surface area (Å²) in [7, 11) is 0. The highest BCUT2D eigenvalue weighted by Crippen LogP contribution is 2.32. The molecule has 0 heterocycles. The summed E-state index contributed by atoms with van der Waals surface area (Å²) >= 11 is 0. The summed E-state index contributed by atoms with van der Waals surface area (Å²) in [6.07, 6.45) is 3.20. The third kappa shape index (κ3) is 5.84. The van der Waals surface area contributed by atoms with E-state index in [1.165, 1.54) is 28.8 Å². The summed E-state index contributed by atoms with van der Waals surface area (Å²) < 4.78 is 26.9. The first-order valence-corrected chi connectivity index (χ1v) is 10.4. The van der Waals surface area contributed by atoms with E-state index in [-0.39, 0.29) is 23.6 Å². The summed E-state index contributed by atoms with van der Waals surface area (Å²) in [6.45, 7) is 6.95. The molecule has 0 aliphatic heterocycles. The maximum absolute atomic E-state index is 13.5. The molecular weight excluding hydrogens is 370 g/mol. The molecule has 29 heavy (non-hydrogen) atoms. The topological polar surface area (TPSA) is 58.3 Å². The van der Waals surface area contributed by atoms with Crippen LogP contribution in [0.5, 0.6) is 0 Å². The third-order valence-corrected chi connectivity index (χ3v) is 5.52. The monoisotopic (exact) mass is 402 g/mol. The van der Waals surface area contributed by atoms with Crippen molar-refractivity contribution < 1.29 is 13.9 Å². The highest BCUT2D eigenvalue weighted by molar-refractivity contribution is 5.36. The molecule has 2 aromatic rings. The quantitative estimate of drug-likeness (QED) is 0.663. The van der Waals surface area contributed by atoms with Crippen LogP contribution in [0.4, 0.5) is 8.78 Å². The van der Waals surface area contributed by atoms with Gasteiger partial charge in [0.1, 0.15) is 11.6 Å². The van der Waals surface area contributed by atoms with Gasteiger partial charge in [-0.05, 0) is 65.5 Å². The van der Waals surface area contributed by atoms with E-state index in [1.807, 2.05) is 0 Å². The minimum atomic E-state index is -0.945. The number of benzene rings is 2. The normalized spacial score (nSPS) is 18.9. The fourth-order valence-electron chi connectivity index (χ4n) is 4.16. The lowest BCUT2D eigenvalue weighted by Gasteiger charge is -2.30. The van der Waals surface area contributed by atoms with Gasteiger partial charge in [0, 0.05) is 18.7 Å². The Labute approximate surface area is 172 Å². The highest BCUT2D eigenvalue weighted by atomic mass is 19.1. The van der Waals surface area contributed by atoms with Crippen LogP contribution in [0, 0.1) is 17.0 Å². The van der Waals surface area contributed by atoms with Crippen molar-refractivity contribution in [1.82, 2.24) is 5.32 Å². The standard InChI is InChI=1S/C24H32F2N2O/c1-24(2,3)13-15-7-8-16-5-4-6-21(20(16)9-15)28-14-22(29)23(27)17-10-18(25)12-19(26)11-17/h7-12,21-23,28-29H,4-6,13-14,27H2,1-3H3/t21-,22+,23-/m0/s1. The summed E-state index contributed by atoms with van der Waals surface area (Å²) in [5, 5.41) is 13.9. The molecule has 0 bridgehead atoms. The maximum Gasteiger partial charge on any atom is 0.126 e. The molecule has 1 aliphatic carbocycles. The van der Waals surface area contributed by atoms with Gasteiger partial charge in [-0.2, -0.15) is 0 Å². The number of nitrogens with two attached hydrogens (primary N) is 1. The fourth-order valence-corrected chi connectivity index (χ4v) is 4.16. The second-order valence-corrected chi connectivity index (χ2v) is 9.42. The Kier molecular flexibility index (Phi) is 6.72. The Morgan fingerprint density at radius 1 is 1.14 bits per heavy atom. The van der Waals surface area contributed by atoms with Gasteiger partial charge in [-0.25, -0.2) is 8.78 Å². The Morgan fingerprint density at radius 3 is 2.48 bits per heavy atom. The van der Waals surface area contributed by atoms with E-state index in [2.05, 4.69) is 44.3 Å². The number of aliphatic hydroxyl groups is 1. The summed E-state index contributed by atoms with van der Waals surface area (Å²) in [6, 6.07) is 9.16. The molecule has 2 aromatic carbocycles. The van der Waals surface area contributed by atoms with E-state index >= 15 is 0 Å². The average Bonchev–Trinajstić information content (AvgIpc) is 2.63. The smallest absolute Gasteiger partial charge is 0.126 e. The van der Waals surface area contributed by atoms with Crippen LogP contribution >= 0.6 is 0 Å². The number of hydrogen-bond acceptors (Lipinski definition) is 3. The van der Waals surface area contributed by atoms with Crippen molar-refractivity contribution in [2.45, 2.75) is 64.6 Å². The predicted molar refractivity (Wildman–Crippen MR) is 113 cm³/mol. The average molecular weight is 403 g/mol. The summed E-state index contributed by atoms with van der Waals surface area (Å²) in [4.78, 5) is 0. The number of rotatable bonds is 6. The molecule has 3 atom stereocenters. The van der Waals surface area contributed by atoms with Gasteiger partial charge >= 0.3 is 0 Å². The Bertz CT molecular complexity index is 827. The molecule has 1 aliphatic rings. The largest absolute Gasteiger partial charge is 0.390 e. The molecule has 3 rings (SSSR count). The van der Waals surface area contributed by atoms with Crippen LogP contribution in [-0.4, -0.2) is 17.8 Å². The third-order valence-electron chi connectivity index (χ3n) is 5.52. The van der Waals surface area contributed by atoms with Crippen molar-refractivity contribution in [1.29, 1.82) is 0 Å². The predicted octanol–water partition coefficient (Wildman–Crippen LogP) is 4.58. The number of nitrogens with one attached hydrogen (secondary N) is 1. The lowest BCUT2D eigenvalue weighted by atomic mass is 9.82.